The summed E-state index contributed by atoms with van der Waals surface area (Å²) in [5.74, 6) is -1.69. The van der Waals surface area contributed by atoms with Crippen molar-refractivity contribution in [3.8, 4) is 0 Å². The Morgan fingerprint density at radius 2 is 2.18 bits per heavy atom. The van der Waals surface area contributed by atoms with E-state index in [4.69, 9.17) is 16.9 Å². The van der Waals surface area contributed by atoms with Crippen LogP contribution in [0.2, 0.25) is 0 Å². The number of hydrogen-bond donors (Lipinski definition) is 2. The predicted molar refractivity (Wildman–Crippen MR) is 39.6 cm³/mol. The first-order chi connectivity index (χ1) is 5.07. The normalized spacial score (nSPS) is 10.9. The molecule has 6 heteroatoms. The van der Waals surface area contributed by atoms with Gasteiger partial charge in [-0.2, -0.15) is 4.51 Å². The van der Waals surface area contributed by atoms with Gasteiger partial charge in [-0.3, -0.25) is 9.59 Å². The van der Waals surface area contributed by atoms with Gasteiger partial charge in [0.15, 0.2) is 0 Å². The van der Waals surface area contributed by atoms with Crippen LogP contribution in [0.3, 0.4) is 0 Å². The number of halogens is 1. The molecule has 0 aromatic carbocycles. The third kappa shape index (κ3) is 4.32. The highest BCUT2D eigenvalue weighted by atomic mass is 35.5. The lowest BCUT2D eigenvalue weighted by Crippen LogP contribution is -2.33. The van der Waals surface area contributed by atoms with E-state index in [-0.39, 0.29) is 5.71 Å². The quantitative estimate of drug-likeness (QED) is 0.588. The lowest BCUT2D eigenvalue weighted by molar-refractivity contribution is -0.137. The van der Waals surface area contributed by atoms with Gasteiger partial charge in [-0.1, -0.05) is 0 Å². The number of hydrogen-bond acceptors (Lipinski definition) is 3. The van der Waals surface area contributed by atoms with Crippen LogP contribution in [0.1, 0.15) is 6.92 Å². The summed E-state index contributed by atoms with van der Waals surface area (Å²) in [5, 5.41) is 10.2. The fourth-order valence-electron chi connectivity index (χ4n) is 0.322. The fraction of sp³-hybridized carbons (Fsp3) is 0.400. The molecule has 0 saturated carbocycles. The molecule has 0 aliphatic rings. The summed E-state index contributed by atoms with van der Waals surface area (Å²) >= 11 is 4.94. The second-order valence-corrected chi connectivity index (χ2v) is 1.92. The number of rotatable bonds is 3. The van der Waals surface area contributed by atoms with Crippen LogP contribution < -0.4 is 5.32 Å². The van der Waals surface area contributed by atoms with Gasteiger partial charge in [0.25, 0.3) is 5.91 Å². The minimum atomic E-state index is -1.11. The van der Waals surface area contributed by atoms with Gasteiger partial charge in [-0.05, 0) is 6.92 Å². The Bertz CT molecular complexity index is 202. The van der Waals surface area contributed by atoms with E-state index >= 15 is 0 Å². The molecule has 0 saturated heterocycles. The largest absolute Gasteiger partial charge is 0.480 e. The van der Waals surface area contributed by atoms with Gasteiger partial charge in [-0.15, -0.1) is 0 Å². The SMILES string of the molecule is C/C(=N\Cl)C(=O)NCC(=O)O. The molecule has 0 fully saturated rings. The molecule has 0 bridgehead atoms. The molecule has 5 nitrogen and oxygen atoms in total. The number of carbonyl (C=O) groups excluding carboxylic acids is 1. The van der Waals surface area contributed by atoms with Crippen LogP contribution in [0.15, 0.2) is 4.51 Å². The Morgan fingerprint density at radius 3 is 2.55 bits per heavy atom. The van der Waals surface area contributed by atoms with Crippen molar-refractivity contribution in [2.45, 2.75) is 6.92 Å². The topological polar surface area (TPSA) is 78.8 Å². The molecule has 0 aromatic rings. The van der Waals surface area contributed by atoms with Crippen LogP contribution in [0.25, 0.3) is 0 Å². The first-order valence-electron chi connectivity index (χ1n) is 2.73. The van der Waals surface area contributed by atoms with Crippen molar-refractivity contribution in [1.82, 2.24) is 5.32 Å². The summed E-state index contributed by atoms with van der Waals surface area (Å²) in [6, 6.07) is 0. The smallest absolute Gasteiger partial charge is 0.322 e. The summed E-state index contributed by atoms with van der Waals surface area (Å²) in [6.07, 6.45) is 0. The minimum absolute atomic E-state index is 0.0351. The number of aliphatic carboxylic acids is 1. The maximum atomic E-state index is 10.7. The second kappa shape index (κ2) is 4.68. The number of amides is 1. The third-order valence-electron chi connectivity index (χ3n) is 0.856. The molecule has 0 radical (unpaired) electrons. The highest BCUT2D eigenvalue weighted by molar-refractivity contribution is 6.42. The number of carboxylic acids is 1. The Balaban J connectivity index is 3.80. The van der Waals surface area contributed by atoms with Crippen molar-refractivity contribution >= 4 is 29.4 Å². The Labute approximate surface area is 68.2 Å². The first-order valence-corrected chi connectivity index (χ1v) is 3.07. The van der Waals surface area contributed by atoms with Crippen molar-refractivity contribution in [2.24, 2.45) is 4.51 Å². The average molecular weight is 179 g/mol. The molecule has 0 aliphatic heterocycles. The Morgan fingerprint density at radius 1 is 1.64 bits per heavy atom. The zero-order valence-electron chi connectivity index (χ0n) is 5.80. The molecule has 0 rings (SSSR count). The Hall–Kier alpha value is -1.10. The monoisotopic (exact) mass is 178 g/mol. The van der Waals surface area contributed by atoms with Gasteiger partial charge >= 0.3 is 5.97 Å². The Kier molecular flexibility index (Phi) is 4.21. The second-order valence-electron chi connectivity index (χ2n) is 1.75. The average Bonchev–Trinajstić information content (AvgIpc) is 1.98. The van der Waals surface area contributed by atoms with Crippen LogP contribution in [0.5, 0.6) is 0 Å². The molecule has 0 spiro atoms. The summed E-state index contributed by atoms with van der Waals surface area (Å²) in [4.78, 5) is 20.6. The molecular weight excluding hydrogens is 172 g/mol. The minimum Gasteiger partial charge on any atom is -0.480 e. The van der Waals surface area contributed by atoms with Crippen LogP contribution in [0.4, 0.5) is 0 Å². The van der Waals surface area contributed by atoms with E-state index in [1.54, 1.807) is 0 Å². The van der Waals surface area contributed by atoms with E-state index in [1.165, 1.54) is 6.92 Å². The highest BCUT2D eigenvalue weighted by Crippen LogP contribution is 1.81. The lowest BCUT2D eigenvalue weighted by Gasteiger charge is -1.98. The van der Waals surface area contributed by atoms with E-state index in [0.29, 0.717) is 0 Å². The molecule has 11 heavy (non-hydrogen) atoms. The van der Waals surface area contributed by atoms with E-state index < -0.39 is 18.4 Å². The summed E-state index contributed by atoms with van der Waals surface area (Å²) < 4.78 is 3.05. The highest BCUT2D eigenvalue weighted by Gasteiger charge is 2.05. The van der Waals surface area contributed by atoms with Gasteiger partial charge in [0.1, 0.15) is 12.3 Å². The summed E-state index contributed by atoms with van der Waals surface area (Å²) in [5.41, 5.74) is 0.0351. The van der Waals surface area contributed by atoms with Crippen molar-refractivity contribution < 1.29 is 14.7 Å². The van der Waals surface area contributed by atoms with Crippen LogP contribution in [-0.4, -0.2) is 29.2 Å². The van der Waals surface area contributed by atoms with Crippen molar-refractivity contribution in [3.63, 3.8) is 0 Å². The number of nitrogens with one attached hydrogen (secondary N) is 1. The van der Waals surface area contributed by atoms with E-state index in [1.807, 2.05) is 0 Å². The lowest BCUT2D eigenvalue weighted by atomic mass is 10.4. The molecule has 1 amide bonds. The predicted octanol–water partition coefficient (Wildman–Crippen LogP) is -0.198. The van der Waals surface area contributed by atoms with Crippen molar-refractivity contribution in [2.75, 3.05) is 6.54 Å². The van der Waals surface area contributed by atoms with Gasteiger partial charge in [0.2, 0.25) is 0 Å². The standard InChI is InChI=1S/C5H7ClN2O3/c1-3(8-6)5(11)7-2-4(9)10/h2H2,1H3,(H,7,11)(H,9,10)/b8-3+. The molecule has 0 aliphatic carbocycles. The molecule has 0 atom stereocenters. The molecule has 62 valence electrons. The zero-order valence-corrected chi connectivity index (χ0v) is 6.55. The van der Waals surface area contributed by atoms with E-state index in [2.05, 4.69) is 9.83 Å². The molecular formula is C5H7ClN2O3. The summed E-state index contributed by atoms with van der Waals surface area (Å²) in [7, 11) is 0. The van der Waals surface area contributed by atoms with E-state index in [9.17, 15) is 9.59 Å². The van der Waals surface area contributed by atoms with Crippen LogP contribution in [0, 0.1) is 0 Å². The fourth-order valence-corrected chi connectivity index (χ4v) is 0.399. The number of carboxylic acid groups (broad SMARTS) is 1. The maximum absolute atomic E-state index is 10.7. The van der Waals surface area contributed by atoms with Crippen LogP contribution >= 0.6 is 11.8 Å². The molecule has 0 heterocycles. The zero-order chi connectivity index (χ0) is 8.85. The van der Waals surface area contributed by atoms with Gasteiger partial charge in [0.05, 0.1) is 0 Å². The van der Waals surface area contributed by atoms with Crippen molar-refractivity contribution in [1.29, 1.82) is 0 Å². The first kappa shape index (κ1) is 9.90. The van der Waals surface area contributed by atoms with Gasteiger partial charge in [-0.25, -0.2) is 0 Å². The number of carbonyl (C=O) groups is 2. The van der Waals surface area contributed by atoms with Crippen LogP contribution in [-0.2, 0) is 9.59 Å². The van der Waals surface area contributed by atoms with E-state index in [0.717, 1.165) is 0 Å². The number of nitrogens with zero attached hydrogens (tertiary/aromatic N) is 1. The van der Waals surface area contributed by atoms with Gasteiger partial charge < -0.3 is 10.4 Å². The third-order valence-corrected chi connectivity index (χ3v) is 1.11. The van der Waals surface area contributed by atoms with Crippen molar-refractivity contribution in [3.05, 3.63) is 0 Å². The molecule has 2 N–H and O–H groups in total. The summed E-state index contributed by atoms with van der Waals surface area (Å²) in [6.45, 7) is 0.951. The molecule has 0 unspecified atom stereocenters. The molecule has 0 aromatic heterocycles. The van der Waals surface area contributed by atoms with Gasteiger partial charge in [0, 0.05) is 11.8 Å². The maximum Gasteiger partial charge on any atom is 0.322 e.